The minimum absolute atomic E-state index is 0.0357. The van der Waals surface area contributed by atoms with Crippen LogP contribution in [0.25, 0.3) is 0 Å². The Morgan fingerprint density at radius 3 is 2.59 bits per heavy atom. The summed E-state index contributed by atoms with van der Waals surface area (Å²) in [5, 5.41) is 0.518. The highest BCUT2D eigenvalue weighted by Gasteiger charge is 2.05. The maximum atomic E-state index is 10.7. The molecule has 0 bridgehead atoms. The Kier molecular flexibility index (Phi) is 6.06. The Morgan fingerprint density at radius 1 is 1.29 bits per heavy atom. The van der Waals surface area contributed by atoms with Crippen LogP contribution in [-0.4, -0.2) is 20.8 Å². The van der Waals surface area contributed by atoms with Crippen LogP contribution in [0.2, 0.25) is 5.02 Å². The van der Waals surface area contributed by atoms with Gasteiger partial charge in [0.05, 0.1) is 17.4 Å². The number of hydrogen-bond donors (Lipinski definition) is 0. The van der Waals surface area contributed by atoms with Crippen LogP contribution in [0.5, 0.6) is 5.75 Å². The maximum Gasteiger partial charge on any atom is 0.232 e. The van der Waals surface area contributed by atoms with Crippen molar-refractivity contribution < 1.29 is 13.2 Å². The molecule has 96 valence electrons. The van der Waals surface area contributed by atoms with Crippen molar-refractivity contribution in [2.24, 2.45) is 0 Å². The Hall–Kier alpha value is 0.0300. The van der Waals surface area contributed by atoms with Gasteiger partial charge in [0.1, 0.15) is 5.75 Å². The first-order valence-corrected chi connectivity index (χ1v) is 8.53. The molecule has 0 saturated heterocycles. The van der Waals surface area contributed by atoms with Crippen molar-refractivity contribution in [2.45, 2.75) is 12.8 Å². The standard InChI is InChI=1S/C10H11BrCl2O3S/c11-8-3-4-10(9(12)7-8)16-5-1-2-6-17(13,14)15/h3-4,7H,1-2,5-6H2. The Bertz CT molecular complexity index is 476. The van der Waals surface area contributed by atoms with Gasteiger partial charge in [0.2, 0.25) is 9.05 Å². The fourth-order valence-electron chi connectivity index (χ4n) is 1.15. The Balaban J connectivity index is 2.32. The monoisotopic (exact) mass is 360 g/mol. The van der Waals surface area contributed by atoms with Crippen molar-refractivity contribution in [3.63, 3.8) is 0 Å². The largest absolute Gasteiger partial charge is 0.492 e. The predicted octanol–water partition coefficient (Wildman–Crippen LogP) is 3.83. The van der Waals surface area contributed by atoms with E-state index in [9.17, 15) is 8.42 Å². The predicted molar refractivity (Wildman–Crippen MR) is 73.5 cm³/mol. The lowest BCUT2D eigenvalue weighted by Gasteiger charge is -2.07. The second-order valence-corrected chi connectivity index (χ2v) is 7.59. The summed E-state index contributed by atoms with van der Waals surface area (Å²) in [7, 11) is 1.68. The zero-order chi connectivity index (χ0) is 12.9. The lowest BCUT2D eigenvalue weighted by atomic mass is 10.3. The average Bonchev–Trinajstić information content (AvgIpc) is 2.18. The molecule has 0 fully saturated rings. The lowest BCUT2D eigenvalue weighted by molar-refractivity contribution is 0.310. The summed E-state index contributed by atoms with van der Waals surface area (Å²) in [6, 6.07) is 5.31. The molecule has 17 heavy (non-hydrogen) atoms. The van der Waals surface area contributed by atoms with E-state index < -0.39 is 9.05 Å². The van der Waals surface area contributed by atoms with Gasteiger partial charge in [-0.15, -0.1) is 0 Å². The van der Waals surface area contributed by atoms with E-state index in [0.717, 1.165) is 4.47 Å². The van der Waals surface area contributed by atoms with Gasteiger partial charge in [-0.1, -0.05) is 27.5 Å². The molecule has 0 radical (unpaired) electrons. The van der Waals surface area contributed by atoms with Crippen molar-refractivity contribution in [3.8, 4) is 5.75 Å². The zero-order valence-electron chi connectivity index (χ0n) is 8.83. The van der Waals surface area contributed by atoms with E-state index >= 15 is 0 Å². The summed E-state index contributed by atoms with van der Waals surface area (Å²) in [6.07, 6.45) is 1.08. The third-order valence-corrected chi connectivity index (χ3v) is 3.96. The first kappa shape index (κ1) is 15.1. The van der Waals surface area contributed by atoms with Crippen LogP contribution in [0.3, 0.4) is 0 Å². The van der Waals surface area contributed by atoms with E-state index in [1.165, 1.54) is 0 Å². The maximum absolute atomic E-state index is 10.7. The van der Waals surface area contributed by atoms with Crippen LogP contribution in [0, 0.1) is 0 Å². The van der Waals surface area contributed by atoms with Gasteiger partial charge in [0.15, 0.2) is 0 Å². The van der Waals surface area contributed by atoms with Crippen molar-refractivity contribution in [3.05, 3.63) is 27.7 Å². The second kappa shape index (κ2) is 6.83. The zero-order valence-corrected chi connectivity index (χ0v) is 12.7. The van der Waals surface area contributed by atoms with Crippen LogP contribution in [-0.2, 0) is 9.05 Å². The lowest BCUT2D eigenvalue weighted by Crippen LogP contribution is -2.02. The molecule has 0 N–H and O–H groups in total. The van der Waals surface area contributed by atoms with Gasteiger partial charge in [0, 0.05) is 15.2 Å². The van der Waals surface area contributed by atoms with Gasteiger partial charge in [-0.25, -0.2) is 8.42 Å². The molecule has 1 rings (SSSR count). The average molecular weight is 362 g/mol. The van der Waals surface area contributed by atoms with E-state index in [4.69, 9.17) is 27.0 Å². The molecule has 0 amide bonds. The van der Waals surface area contributed by atoms with Gasteiger partial charge in [-0.3, -0.25) is 0 Å². The number of halogens is 3. The molecule has 0 heterocycles. The molecule has 0 saturated carbocycles. The summed E-state index contributed by atoms with van der Waals surface area (Å²) in [6.45, 7) is 0.410. The summed E-state index contributed by atoms with van der Waals surface area (Å²) < 4.78 is 27.6. The highest BCUT2D eigenvalue weighted by Crippen LogP contribution is 2.27. The highest BCUT2D eigenvalue weighted by molar-refractivity contribution is 9.10. The Labute approximate surface area is 119 Å². The topological polar surface area (TPSA) is 43.4 Å². The number of unbranched alkanes of at least 4 members (excludes halogenated alkanes) is 1. The van der Waals surface area contributed by atoms with Crippen molar-refractivity contribution in [1.29, 1.82) is 0 Å². The first-order chi connectivity index (χ1) is 7.88. The van der Waals surface area contributed by atoms with Gasteiger partial charge >= 0.3 is 0 Å². The van der Waals surface area contributed by atoms with Crippen molar-refractivity contribution in [2.75, 3.05) is 12.4 Å². The summed E-state index contributed by atoms with van der Waals surface area (Å²) in [5.41, 5.74) is 0. The van der Waals surface area contributed by atoms with Crippen molar-refractivity contribution in [1.82, 2.24) is 0 Å². The summed E-state index contributed by atoms with van der Waals surface area (Å²) in [5.74, 6) is 0.551. The molecule has 0 aliphatic carbocycles. The van der Waals surface area contributed by atoms with E-state index in [0.29, 0.717) is 30.2 Å². The third kappa shape index (κ3) is 6.50. The van der Waals surface area contributed by atoms with Crippen LogP contribution >= 0.6 is 38.2 Å². The first-order valence-electron chi connectivity index (χ1n) is 4.89. The Morgan fingerprint density at radius 2 is 2.00 bits per heavy atom. The molecule has 7 heteroatoms. The van der Waals surface area contributed by atoms with E-state index in [2.05, 4.69) is 15.9 Å². The molecule has 0 aromatic heterocycles. The van der Waals surface area contributed by atoms with E-state index in [1.807, 2.05) is 6.07 Å². The van der Waals surface area contributed by atoms with Gasteiger partial charge in [-0.2, -0.15) is 0 Å². The molecule has 0 aliphatic heterocycles. The molecular weight excluding hydrogens is 351 g/mol. The highest BCUT2D eigenvalue weighted by atomic mass is 79.9. The molecular formula is C10H11BrCl2O3S. The molecule has 0 unspecified atom stereocenters. The van der Waals surface area contributed by atoms with Gasteiger partial charge in [-0.05, 0) is 31.0 Å². The quantitative estimate of drug-likeness (QED) is 0.571. The molecule has 3 nitrogen and oxygen atoms in total. The van der Waals surface area contributed by atoms with Crippen LogP contribution in [0.15, 0.2) is 22.7 Å². The van der Waals surface area contributed by atoms with Gasteiger partial charge < -0.3 is 4.74 Å². The fourth-order valence-corrected chi connectivity index (χ4v) is 2.76. The number of rotatable bonds is 6. The molecule has 0 spiro atoms. The minimum atomic E-state index is -3.40. The van der Waals surface area contributed by atoms with E-state index in [-0.39, 0.29) is 5.75 Å². The SMILES string of the molecule is O=S(=O)(Cl)CCCCOc1ccc(Br)cc1Cl. The van der Waals surface area contributed by atoms with E-state index in [1.54, 1.807) is 12.1 Å². The molecule has 0 aliphatic rings. The smallest absolute Gasteiger partial charge is 0.232 e. The molecule has 1 aromatic carbocycles. The number of benzene rings is 1. The number of ether oxygens (including phenoxy) is 1. The third-order valence-electron chi connectivity index (χ3n) is 1.93. The molecule has 0 atom stereocenters. The fraction of sp³-hybridized carbons (Fsp3) is 0.400. The van der Waals surface area contributed by atoms with Crippen LogP contribution in [0.4, 0.5) is 0 Å². The summed E-state index contributed by atoms with van der Waals surface area (Å²) >= 11 is 9.23. The van der Waals surface area contributed by atoms with Crippen LogP contribution in [0.1, 0.15) is 12.8 Å². The normalized spacial score (nSPS) is 11.5. The summed E-state index contributed by atoms with van der Waals surface area (Å²) in [4.78, 5) is 0. The van der Waals surface area contributed by atoms with Gasteiger partial charge in [0.25, 0.3) is 0 Å². The van der Waals surface area contributed by atoms with Crippen molar-refractivity contribution >= 4 is 47.3 Å². The minimum Gasteiger partial charge on any atom is -0.492 e. The van der Waals surface area contributed by atoms with Crippen LogP contribution < -0.4 is 4.74 Å². The molecule has 1 aromatic rings. The number of hydrogen-bond acceptors (Lipinski definition) is 3. The second-order valence-electron chi connectivity index (χ2n) is 3.37.